The van der Waals surface area contributed by atoms with Gasteiger partial charge >= 0.3 is 11.9 Å². The molecule has 8 N–H and O–H groups in total. The fourth-order valence-electron chi connectivity index (χ4n) is 2.29. The van der Waals surface area contributed by atoms with Crippen LogP contribution in [0.15, 0.2) is 0 Å². The van der Waals surface area contributed by atoms with Crippen LogP contribution < -0.4 is 21.7 Å². The molecule has 4 atom stereocenters. The second kappa shape index (κ2) is 12.7. The first-order valence-electron chi connectivity index (χ1n) is 9.11. The number of hydrogen-bond acceptors (Lipinski definition) is 7. The number of carbonyl (C=O) groups excluding carboxylic acids is 3. The van der Waals surface area contributed by atoms with Gasteiger partial charge in [-0.15, -0.1) is 0 Å². The third-order valence-corrected chi connectivity index (χ3v) is 3.89. The summed E-state index contributed by atoms with van der Waals surface area (Å²) in [5, 5.41) is 33.3. The van der Waals surface area contributed by atoms with Gasteiger partial charge in [0.1, 0.15) is 18.1 Å². The van der Waals surface area contributed by atoms with Crippen molar-refractivity contribution in [2.75, 3.05) is 6.61 Å². The highest BCUT2D eigenvalue weighted by Crippen LogP contribution is 2.05. The lowest BCUT2D eigenvalue weighted by molar-refractivity contribution is -0.143. The van der Waals surface area contributed by atoms with Crippen LogP contribution in [0.3, 0.4) is 0 Å². The molecule has 0 aromatic rings. The van der Waals surface area contributed by atoms with Crippen LogP contribution in [0.1, 0.15) is 40.0 Å². The smallest absolute Gasteiger partial charge is 0.328 e. The van der Waals surface area contributed by atoms with Gasteiger partial charge in [0.25, 0.3) is 0 Å². The van der Waals surface area contributed by atoms with E-state index >= 15 is 0 Å². The fourth-order valence-corrected chi connectivity index (χ4v) is 2.29. The van der Waals surface area contributed by atoms with E-state index in [-0.39, 0.29) is 12.3 Å². The number of nitrogens with two attached hydrogens (primary N) is 1. The van der Waals surface area contributed by atoms with Gasteiger partial charge in [-0.2, -0.15) is 0 Å². The van der Waals surface area contributed by atoms with Crippen molar-refractivity contribution in [3.63, 3.8) is 0 Å². The van der Waals surface area contributed by atoms with Gasteiger partial charge in [0.05, 0.1) is 12.6 Å². The largest absolute Gasteiger partial charge is 0.481 e. The second-order valence-corrected chi connectivity index (χ2v) is 7.04. The van der Waals surface area contributed by atoms with Crippen LogP contribution >= 0.6 is 0 Å². The van der Waals surface area contributed by atoms with Crippen molar-refractivity contribution in [2.24, 2.45) is 11.7 Å². The van der Waals surface area contributed by atoms with Gasteiger partial charge in [0, 0.05) is 6.42 Å². The van der Waals surface area contributed by atoms with Gasteiger partial charge in [0.2, 0.25) is 17.7 Å². The molecule has 0 aromatic heterocycles. The van der Waals surface area contributed by atoms with E-state index in [0.29, 0.717) is 6.42 Å². The molecule has 0 saturated carbocycles. The van der Waals surface area contributed by atoms with E-state index in [1.54, 1.807) is 0 Å². The number of rotatable bonds is 13. The average molecular weight is 418 g/mol. The standard InChI is InChI=1S/C17H30N4O8/c1-8(2)6-10(18)15(26)20-11(4-5-13(23)24)16(27)19-9(3)14(25)21-12(7-22)17(28)29/h8-12,22H,4-7,18H2,1-3H3,(H,19,27)(H,20,26)(H,21,25)(H,23,24)(H,28,29). The molecule has 12 heteroatoms. The van der Waals surface area contributed by atoms with Gasteiger partial charge in [0.15, 0.2) is 0 Å². The number of nitrogens with one attached hydrogen (secondary N) is 3. The molecular formula is C17H30N4O8. The molecule has 3 amide bonds. The van der Waals surface area contributed by atoms with E-state index in [9.17, 15) is 24.0 Å². The van der Waals surface area contributed by atoms with E-state index in [0.717, 1.165) is 0 Å². The maximum atomic E-state index is 12.4. The minimum atomic E-state index is -1.54. The lowest BCUT2D eigenvalue weighted by Gasteiger charge is -2.23. The van der Waals surface area contributed by atoms with Crippen molar-refractivity contribution in [2.45, 2.75) is 64.2 Å². The minimum absolute atomic E-state index is 0.125. The maximum absolute atomic E-state index is 12.4. The number of carbonyl (C=O) groups is 5. The topological polar surface area (TPSA) is 208 Å². The number of aliphatic carboxylic acids is 2. The molecule has 29 heavy (non-hydrogen) atoms. The van der Waals surface area contributed by atoms with E-state index in [4.69, 9.17) is 21.1 Å². The Balaban J connectivity index is 5.05. The summed E-state index contributed by atoms with van der Waals surface area (Å²) >= 11 is 0. The summed E-state index contributed by atoms with van der Waals surface area (Å²) in [6, 6.07) is -4.89. The summed E-state index contributed by atoms with van der Waals surface area (Å²) in [6.45, 7) is 4.15. The zero-order valence-corrected chi connectivity index (χ0v) is 16.7. The Morgan fingerprint density at radius 2 is 1.41 bits per heavy atom. The molecule has 0 radical (unpaired) electrons. The summed E-state index contributed by atoms with van der Waals surface area (Å²) in [4.78, 5) is 58.3. The predicted octanol–water partition coefficient (Wildman–Crippen LogP) is -2.22. The average Bonchev–Trinajstić information content (AvgIpc) is 2.61. The van der Waals surface area contributed by atoms with Crippen molar-refractivity contribution < 1.29 is 39.3 Å². The zero-order valence-electron chi connectivity index (χ0n) is 16.7. The molecule has 0 spiro atoms. The monoisotopic (exact) mass is 418 g/mol. The highest BCUT2D eigenvalue weighted by atomic mass is 16.4. The molecule has 0 aliphatic rings. The summed E-state index contributed by atoms with van der Waals surface area (Å²) in [5.41, 5.74) is 5.77. The molecule has 0 bridgehead atoms. The number of amides is 3. The van der Waals surface area contributed by atoms with E-state index < -0.39 is 66.9 Å². The molecule has 0 saturated heterocycles. The Bertz CT molecular complexity index is 610. The van der Waals surface area contributed by atoms with E-state index in [1.165, 1.54) is 6.92 Å². The zero-order chi connectivity index (χ0) is 22.7. The van der Waals surface area contributed by atoms with Crippen LogP contribution in [0.4, 0.5) is 0 Å². The van der Waals surface area contributed by atoms with E-state index in [1.807, 2.05) is 19.2 Å². The quantitative estimate of drug-likeness (QED) is 0.172. The van der Waals surface area contributed by atoms with Crippen LogP contribution in [0.5, 0.6) is 0 Å². The summed E-state index contributed by atoms with van der Waals surface area (Å²) < 4.78 is 0. The molecule has 4 unspecified atom stereocenters. The molecular weight excluding hydrogens is 388 g/mol. The Morgan fingerprint density at radius 1 is 0.862 bits per heavy atom. The highest BCUT2D eigenvalue weighted by molar-refractivity contribution is 5.94. The third kappa shape index (κ3) is 10.4. The first-order chi connectivity index (χ1) is 13.4. The van der Waals surface area contributed by atoms with Crippen LogP contribution in [-0.2, 0) is 24.0 Å². The van der Waals surface area contributed by atoms with Crippen LogP contribution in [0.25, 0.3) is 0 Å². The fraction of sp³-hybridized carbons (Fsp3) is 0.706. The predicted molar refractivity (Wildman–Crippen MR) is 100 cm³/mol. The second-order valence-electron chi connectivity index (χ2n) is 7.04. The molecule has 166 valence electrons. The number of carboxylic acids is 2. The van der Waals surface area contributed by atoms with Crippen LogP contribution in [0, 0.1) is 5.92 Å². The third-order valence-electron chi connectivity index (χ3n) is 3.89. The lowest BCUT2D eigenvalue weighted by Crippen LogP contribution is -2.56. The number of carboxylic acid groups (broad SMARTS) is 2. The Morgan fingerprint density at radius 3 is 1.86 bits per heavy atom. The maximum Gasteiger partial charge on any atom is 0.328 e. The van der Waals surface area contributed by atoms with Crippen molar-refractivity contribution in [3.05, 3.63) is 0 Å². The molecule has 0 aromatic carbocycles. The summed E-state index contributed by atoms with van der Waals surface area (Å²) in [7, 11) is 0. The lowest BCUT2D eigenvalue weighted by atomic mass is 10.0. The first kappa shape index (κ1) is 26.3. The minimum Gasteiger partial charge on any atom is -0.481 e. The van der Waals surface area contributed by atoms with Crippen molar-refractivity contribution >= 4 is 29.7 Å². The van der Waals surface area contributed by atoms with Crippen LogP contribution in [-0.4, -0.2) is 75.8 Å². The van der Waals surface area contributed by atoms with Gasteiger partial charge in [-0.1, -0.05) is 13.8 Å². The normalized spacial score (nSPS) is 15.0. The molecule has 12 nitrogen and oxygen atoms in total. The number of hydrogen-bond donors (Lipinski definition) is 7. The Hall–Kier alpha value is -2.73. The first-order valence-corrected chi connectivity index (χ1v) is 9.11. The number of aliphatic hydroxyl groups excluding tert-OH is 1. The van der Waals surface area contributed by atoms with Crippen LogP contribution in [0.2, 0.25) is 0 Å². The van der Waals surface area contributed by atoms with Crippen molar-refractivity contribution in [1.29, 1.82) is 0 Å². The summed E-state index contributed by atoms with van der Waals surface area (Å²) in [5.74, 6) is -4.84. The van der Waals surface area contributed by atoms with Gasteiger partial charge in [-0.25, -0.2) is 4.79 Å². The van der Waals surface area contributed by atoms with Crippen molar-refractivity contribution in [3.8, 4) is 0 Å². The van der Waals surface area contributed by atoms with Gasteiger partial charge < -0.3 is 37.0 Å². The molecule has 0 rings (SSSR count). The van der Waals surface area contributed by atoms with Gasteiger partial charge in [-0.3, -0.25) is 19.2 Å². The summed E-state index contributed by atoms with van der Waals surface area (Å²) in [6.07, 6.45) is -0.288. The van der Waals surface area contributed by atoms with Crippen molar-refractivity contribution in [1.82, 2.24) is 16.0 Å². The molecule has 0 heterocycles. The Labute approximate surface area is 168 Å². The Kier molecular flexibility index (Phi) is 11.5. The molecule has 0 aliphatic carbocycles. The van der Waals surface area contributed by atoms with Gasteiger partial charge in [-0.05, 0) is 25.7 Å². The highest BCUT2D eigenvalue weighted by Gasteiger charge is 2.28. The van der Waals surface area contributed by atoms with E-state index in [2.05, 4.69) is 10.6 Å². The SMILES string of the molecule is CC(C)CC(N)C(=O)NC(CCC(=O)O)C(=O)NC(C)C(=O)NC(CO)C(=O)O. The number of aliphatic hydroxyl groups is 1. The molecule has 0 aliphatic heterocycles. The molecule has 0 fully saturated rings.